The van der Waals surface area contributed by atoms with Gasteiger partial charge in [-0.05, 0) is 79.5 Å². The van der Waals surface area contributed by atoms with Crippen molar-refractivity contribution in [2.24, 2.45) is 17.3 Å². The van der Waals surface area contributed by atoms with Crippen LogP contribution in [0.3, 0.4) is 0 Å². The van der Waals surface area contributed by atoms with Gasteiger partial charge in [-0.2, -0.15) is 0 Å². The van der Waals surface area contributed by atoms with Gasteiger partial charge in [-0.25, -0.2) is 4.79 Å². The number of phenols is 1. The number of esters is 1. The number of hydrogen-bond donors (Lipinski definition) is 1. The molecule has 2 saturated carbocycles. The summed E-state index contributed by atoms with van der Waals surface area (Å²) in [7, 11) is 0. The summed E-state index contributed by atoms with van der Waals surface area (Å²) < 4.78 is 6.01. The number of aryl methyl sites for hydroxylation is 1. The van der Waals surface area contributed by atoms with Gasteiger partial charge in [0.1, 0.15) is 11.4 Å². The first-order valence-electron chi connectivity index (χ1n) is 9.74. The van der Waals surface area contributed by atoms with Crippen LogP contribution < -0.4 is 0 Å². The van der Waals surface area contributed by atoms with E-state index in [0.717, 1.165) is 25.7 Å². The highest BCUT2D eigenvalue weighted by molar-refractivity contribution is 5.83. The normalized spacial score (nSPS) is 41.8. The molecule has 0 aromatic heterocycles. The number of ether oxygens (including phenoxy) is 1. The number of carbonyl (C=O) groups excluding carboxylic acids is 1. The van der Waals surface area contributed by atoms with Crippen molar-refractivity contribution >= 4 is 5.97 Å². The second-order valence-corrected chi connectivity index (χ2v) is 8.82. The fourth-order valence-electron chi connectivity index (χ4n) is 6.78. The molecule has 4 aliphatic rings. The Bertz CT molecular complexity index is 767. The van der Waals surface area contributed by atoms with E-state index in [1.807, 2.05) is 18.2 Å². The van der Waals surface area contributed by atoms with E-state index in [9.17, 15) is 9.90 Å². The van der Waals surface area contributed by atoms with Crippen LogP contribution in [0.1, 0.15) is 62.5 Å². The quantitative estimate of drug-likeness (QED) is 0.709. The Labute approximate surface area is 149 Å². The lowest BCUT2D eigenvalue weighted by Gasteiger charge is -2.54. The molecule has 5 atom stereocenters. The van der Waals surface area contributed by atoms with Gasteiger partial charge in [-0.1, -0.05) is 19.1 Å². The predicted molar refractivity (Wildman–Crippen MR) is 95.3 cm³/mol. The summed E-state index contributed by atoms with van der Waals surface area (Å²) in [5, 5.41) is 9.81. The first-order valence-corrected chi connectivity index (χ1v) is 9.74. The first-order chi connectivity index (χ1) is 12.0. The molecule has 1 N–H and O–H groups in total. The van der Waals surface area contributed by atoms with Crippen LogP contribution in [0.15, 0.2) is 30.4 Å². The second-order valence-electron chi connectivity index (χ2n) is 8.82. The summed E-state index contributed by atoms with van der Waals surface area (Å²) in [6, 6.07) is 5.96. The molecule has 1 heterocycles. The van der Waals surface area contributed by atoms with Gasteiger partial charge in [0.25, 0.3) is 0 Å². The molecule has 0 bridgehead atoms. The number of phenolic OH excluding ortho intramolecular Hbond substituents is 1. The van der Waals surface area contributed by atoms with Crippen LogP contribution in [-0.2, 0) is 16.0 Å². The van der Waals surface area contributed by atoms with E-state index in [2.05, 4.69) is 13.0 Å². The number of carbonyl (C=O) groups is 1. The van der Waals surface area contributed by atoms with Gasteiger partial charge < -0.3 is 9.84 Å². The third kappa shape index (κ3) is 2.01. The van der Waals surface area contributed by atoms with Gasteiger partial charge in [-0.3, -0.25) is 0 Å². The maximum Gasteiger partial charge on any atom is 0.331 e. The van der Waals surface area contributed by atoms with Crippen LogP contribution in [-0.4, -0.2) is 16.7 Å². The Hall–Kier alpha value is -1.77. The van der Waals surface area contributed by atoms with Gasteiger partial charge in [0.15, 0.2) is 0 Å². The minimum atomic E-state index is -0.274. The largest absolute Gasteiger partial charge is 0.508 e. The van der Waals surface area contributed by atoms with E-state index in [4.69, 9.17) is 4.74 Å². The molecule has 0 radical (unpaired) electrons. The Morgan fingerprint density at radius 2 is 2.08 bits per heavy atom. The van der Waals surface area contributed by atoms with Crippen molar-refractivity contribution in [2.45, 2.75) is 63.4 Å². The molecular weight excluding hydrogens is 312 g/mol. The third-order valence-electron chi connectivity index (χ3n) is 8.00. The standard InChI is InChI=1S/C22H26O3/c1-21-11-8-17-16-7-5-15(23)13-14(16)4-6-18(17)19(21)9-12-22(21)10-2-3-20(24)25-22/h2-3,5,7,13,17-19,23H,4,6,8-12H2,1H3. The molecule has 132 valence electrons. The summed E-state index contributed by atoms with van der Waals surface area (Å²) >= 11 is 0. The molecule has 0 saturated heterocycles. The minimum absolute atomic E-state index is 0.100. The van der Waals surface area contributed by atoms with Gasteiger partial charge in [0, 0.05) is 17.9 Å². The van der Waals surface area contributed by atoms with Crippen molar-refractivity contribution in [1.82, 2.24) is 0 Å². The van der Waals surface area contributed by atoms with E-state index >= 15 is 0 Å². The highest BCUT2D eigenvalue weighted by atomic mass is 16.6. The highest BCUT2D eigenvalue weighted by Gasteiger charge is 2.63. The number of benzene rings is 1. The summed E-state index contributed by atoms with van der Waals surface area (Å²) in [4.78, 5) is 12.0. The fourth-order valence-corrected chi connectivity index (χ4v) is 6.78. The fraction of sp³-hybridized carbons (Fsp3) is 0.591. The molecule has 1 aromatic carbocycles. The summed E-state index contributed by atoms with van der Waals surface area (Å²) in [6.45, 7) is 2.39. The van der Waals surface area contributed by atoms with Crippen molar-refractivity contribution in [2.75, 3.05) is 0 Å². The van der Waals surface area contributed by atoms with Crippen molar-refractivity contribution in [3.8, 4) is 5.75 Å². The van der Waals surface area contributed by atoms with E-state index in [1.54, 1.807) is 6.08 Å². The summed E-state index contributed by atoms with van der Waals surface area (Å²) in [6.07, 6.45) is 11.2. The molecule has 3 heteroatoms. The molecule has 3 nitrogen and oxygen atoms in total. The van der Waals surface area contributed by atoms with Crippen molar-refractivity contribution in [3.05, 3.63) is 41.5 Å². The van der Waals surface area contributed by atoms with E-state index in [1.165, 1.54) is 30.4 Å². The van der Waals surface area contributed by atoms with Crippen LogP contribution in [0.5, 0.6) is 5.75 Å². The highest BCUT2D eigenvalue weighted by Crippen LogP contribution is 2.66. The molecule has 1 spiro atoms. The van der Waals surface area contributed by atoms with Gasteiger partial charge >= 0.3 is 5.97 Å². The Kier molecular flexibility index (Phi) is 3.17. The van der Waals surface area contributed by atoms with Gasteiger partial charge in [0.05, 0.1) is 0 Å². The average molecular weight is 338 g/mol. The summed E-state index contributed by atoms with van der Waals surface area (Å²) in [5.74, 6) is 2.15. The van der Waals surface area contributed by atoms with Crippen LogP contribution in [0.25, 0.3) is 0 Å². The first kappa shape index (κ1) is 15.5. The van der Waals surface area contributed by atoms with Crippen molar-refractivity contribution < 1.29 is 14.6 Å². The Morgan fingerprint density at radius 1 is 1.20 bits per heavy atom. The molecule has 1 aliphatic heterocycles. The molecule has 5 unspecified atom stereocenters. The summed E-state index contributed by atoms with van der Waals surface area (Å²) in [5.41, 5.74) is 2.62. The maximum atomic E-state index is 12.0. The monoisotopic (exact) mass is 338 g/mol. The van der Waals surface area contributed by atoms with Crippen LogP contribution in [0.2, 0.25) is 0 Å². The smallest absolute Gasteiger partial charge is 0.331 e. The van der Waals surface area contributed by atoms with E-state index < -0.39 is 0 Å². The molecule has 5 rings (SSSR count). The zero-order valence-corrected chi connectivity index (χ0v) is 14.8. The molecular formula is C22H26O3. The Morgan fingerprint density at radius 3 is 2.92 bits per heavy atom. The van der Waals surface area contributed by atoms with Crippen molar-refractivity contribution in [3.63, 3.8) is 0 Å². The number of aromatic hydroxyl groups is 1. The van der Waals surface area contributed by atoms with Crippen LogP contribution in [0, 0.1) is 17.3 Å². The molecule has 2 fully saturated rings. The topological polar surface area (TPSA) is 46.5 Å². The predicted octanol–water partition coefficient (Wildman–Crippen LogP) is 4.49. The third-order valence-corrected chi connectivity index (χ3v) is 8.00. The van der Waals surface area contributed by atoms with Crippen molar-refractivity contribution in [1.29, 1.82) is 0 Å². The average Bonchev–Trinajstić information content (AvgIpc) is 2.86. The number of fused-ring (bicyclic) bond motifs is 6. The lowest BCUT2D eigenvalue weighted by molar-refractivity contribution is -0.176. The van der Waals surface area contributed by atoms with Crippen LogP contribution in [0.4, 0.5) is 0 Å². The lowest BCUT2D eigenvalue weighted by Crippen LogP contribution is -2.53. The molecule has 0 amide bonds. The number of rotatable bonds is 0. The zero-order valence-electron chi connectivity index (χ0n) is 14.8. The van der Waals surface area contributed by atoms with Crippen LogP contribution >= 0.6 is 0 Å². The maximum absolute atomic E-state index is 12.0. The van der Waals surface area contributed by atoms with E-state index in [0.29, 0.717) is 23.5 Å². The molecule has 25 heavy (non-hydrogen) atoms. The van der Waals surface area contributed by atoms with E-state index in [-0.39, 0.29) is 17.0 Å². The molecule has 1 aromatic rings. The number of hydrogen-bond acceptors (Lipinski definition) is 3. The van der Waals surface area contributed by atoms with Gasteiger partial charge in [-0.15, -0.1) is 0 Å². The lowest BCUT2D eigenvalue weighted by atomic mass is 9.53. The van der Waals surface area contributed by atoms with Gasteiger partial charge in [0.2, 0.25) is 0 Å². The molecule has 3 aliphatic carbocycles. The second kappa shape index (κ2) is 5.12. The zero-order chi connectivity index (χ0) is 17.2. The minimum Gasteiger partial charge on any atom is -0.508 e. The Balaban J connectivity index is 1.51. The SMILES string of the molecule is CC12CCC3c4ccc(O)cc4CCC3C1CCC21CC=CC(=O)O1.